The van der Waals surface area contributed by atoms with Crippen molar-refractivity contribution in [1.29, 1.82) is 0 Å². The van der Waals surface area contributed by atoms with Crippen LogP contribution in [0.5, 0.6) is 5.75 Å². The fourth-order valence-electron chi connectivity index (χ4n) is 3.06. The van der Waals surface area contributed by atoms with Crippen molar-refractivity contribution >= 4 is 51.4 Å². The van der Waals surface area contributed by atoms with Gasteiger partial charge < -0.3 is 20.7 Å². The maximum atomic E-state index is 14.3. The molecule has 1 aromatic heterocycles. The van der Waals surface area contributed by atoms with E-state index in [1.807, 2.05) is 0 Å². The van der Waals surface area contributed by atoms with Crippen LogP contribution in [0.15, 0.2) is 67.0 Å². The van der Waals surface area contributed by atoms with Crippen molar-refractivity contribution in [2.24, 2.45) is 0 Å². The molecule has 7 nitrogen and oxygen atoms in total. The van der Waals surface area contributed by atoms with Crippen molar-refractivity contribution < 1.29 is 13.9 Å². The average molecular weight is 452 g/mol. The normalized spacial score (nSPS) is 10.6. The number of urea groups is 1. The highest BCUT2D eigenvalue weighted by atomic mass is 35.5. The number of aromatic nitrogens is 2. The minimum absolute atomic E-state index is 0.149. The number of amides is 2. The van der Waals surface area contributed by atoms with Gasteiger partial charge in [-0.25, -0.2) is 19.2 Å². The fraction of sp³-hybridized carbons (Fsp3) is 0.0870. The quantitative estimate of drug-likeness (QED) is 0.324. The molecule has 0 saturated heterocycles. The van der Waals surface area contributed by atoms with Crippen LogP contribution in [0.2, 0.25) is 5.02 Å². The monoisotopic (exact) mass is 451 g/mol. The Labute approximate surface area is 188 Å². The third kappa shape index (κ3) is 5.04. The number of nitrogens with one attached hydrogen (secondary N) is 3. The molecule has 4 rings (SSSR count). The van der Waals surface area contributed by atoms with E-state index in [9.17, 15) is 9.18 Å². The molecular weight excluding hydrogens is 433 g/mol. The standard InChI is InChI=1S/C23H19ClFN5O2/c1-2-32-21-12-20-18(11-19(21)25)22(27-13-26-20)28-15-6-8-16(9-7-15)29-23(31)30-17-5-3-4-14(24)10-17/h3-13H,2H2,1H3,(H,26,27,28)(H2,29,30,31). The Balaban J connectivity index is 1.46. The highest BCUT2D eigenvalue weighted by Crippen LogP contribution is 2.29. The number of anilines is 4. The van der Waals surface area contributed by atoms with Gasteiger partial charge in [0, 0.05) is 33.5 Å². The summed E-state index contributed by atoms with van der Waals surface area (Å²) in [5, 5.41) is 9.67. The third-order valence-electron chi connectivity index (χ3n) is 4.48. The summed E-state index contributed by atoms with van der Waals surface area (Å²) >= 11 is 5.92. The van der Waals surface area contributed by atoms with Gasteiger partial charge in [0.05, 0.1) is 12.1 Å². The molecule has 0 bridgehead atoms. The molecule has 1 heterocycles. The molecular formula is C23H19ClFN5O2. The lowest BCUT2D eigenvalue weighted by Crippen LogP contribution is -2.19. The minimum Gasteiger partial charge on any atom is -0.491 e. The Morgan fingerprint density at radius 3 is 2.50 bits per heavy atom. The van der Waals surface area contributed by atoms with Crippen LogP contribution >= 0.6 is 11.6 Å². The smallest absolute Gasteiger partial charge is 0.323 e. The van der Waals surface area contributed by atoms with E-state index in [2.05, 4.69) is 25.9 Å². The van der Waals surface area contributed by atoms with Crippen LogP contribution < -0.4 is 20.7 Å². The van der Waals surface area contributed by atoms with Gasteiger partial charge in [0.25, 0.3) is 0 Å². The zero-order valence-corrected chi connectivity index (χ0v) is 17.8. The molecule has 0 spiro atoms. The van der Waals surface area contributed by atoms with E-state index in [4.69, 9.17) is 16.3 Å². The summed E-state index contributed by atoms with van der Waals surface area (Å²) in [6.07, 6.45) is 1.40. The van der Waals surface area contributed by atoms with Gasteiger partial charge in [0.2, 0.25) is 0 Å². The summed E-state index contributed by atoms with van der Waals surface area (Å²) in [4.78, 5) is 20.6. The Kier molecular flexibility index (Phi) is 6.32. The summed E-state index contributed by atoms with van der Waals surface area (Å²) in [5.41, 5.74) is 2.45. The second-order valence-corrected chi connectivity index (χ2v) is 7.18. The Morgan fingerprint density at radius 1 is 1.00 bits per heavy atom. The minimum atomic E-state index is -0.484. The summed E-state index contributed by atoms with van der Waals surface area (Å²) < 4.78 is 19.6. The first kappa shape index (κ1) is 21.3. The molecule has 0 atom stereocenters. The first-order chi connectivity index (χ1) is 15.5. The van der Waals surface area contributed by atoms with Crippen LogP contribution in [-0.4, -0.2) is 22.6 Å². The van der Waals surface area contributed by atoms with Crippen LogP contribution in [0, 0.1) is 5.82 Å². The number of hydrogen-bond acceptors (Lipinski definition) is 5. The van der Waals surface area contributed by atoms with Crippen molar-refractivity contribution in [2.45, 2.75) is 6.92 Å². The third-order valence-corrected chi connectivity index (χ3v) is 4.71. The number of hydrogen-bond donors (Lipinski definition) is 3. The SMILES string of the molecule is CCOc1cc2ncnc(Nc3ccc(NC(=O)Nc4cccc(Cl)c4)cc3)c2cc1F. The first-order valence-electron chi connectivity index (χ1n) is 9.79. The zero-order chi connectivity index (χ0) is 22.5. The molecule has 0 saturated carbocycles. The number of ether oxygens (including phenoxy) is 1. The highest BCUT2D eigenvalue weighted by molar-refractivity contribution is 6.30. The molecule has 0 aliphatic heterocycles. The van der Waals surface area contributed by atoms with Gasteiger partial charge in [0.15, 0.2) is 11.6 Å². The summed E-state index contributed by atoms with van der Waals surface area (Å²) in [5.74, 6) is 0.120. The van der Waals surface area contributed by atoms with Crippen LogP contribution in [0.3, 0.4) is 0 Å². The van der Waals surface area contributed by atoms with Gasteiger partial charge in [0.1, 0.15) is 12.1 Å². The summed E-state index contributed by atoms with van der Waals surface area (Å²) in [6, 6.07) is 16.4. The number of carbonyl (C=O) groups is 1. The van der Waals surface area contributed by atoms with E-state index in [0.29, 0.717) is 45.4 Å². The van der Waals surface area contributed by atoms with E-state index in [0.717, 1.165) is 0 Å². The number of rotatable bonds is 6. The van der Waals surface area contributed by atoms with Crippen LogP contribution in [0.25, 0.3) is 10.9 Å². The second kappa shape index (κ2) is 9.49. The molecule has 0 aliphatic carbocycles. The van der Waals surface area contributed by atoms with Crippen molar-refractivity contribution in [2.75, 3.05) is 22.6 Å². The lowest BCUT2D eigenvalue weighted by Gasteiger charge is -2.12. The zero-order valence-electron chi connectivity index (χ0n) is 17.0. The average Bonchev–Trinajstić information content (AvgIpc) is 2.76. The Morgan fingerprint density at radius 2 is 1.75 bits per heavy atom. The maximum Gasteiger partial charge on any atom is 0.323 e. The van der Waals surface area contributed by atoms with Crippen molar-refractivity contribution in [1.82, 2.24) is 9.97 Å². The van der Waals surface area contributed by atoms with Crippen LogP contribution in [-0.2, 0) is 0 Å². The molecule has 2 amide bonds. The van der Waals surface area contributed by atoms with E-state index in [-0.39, 0.29) is 5.75 Å². The Hall–Kier alpha value is -3.91. The molecule has 162 valence electrons. The summed E-state index contributed by atoms with van der Waals surface area (Å²) in [6.45, 7) is 2.14. The maximum absolute atomic E-state index is 14.3. The van der Waals surface area contributed by atoms with E-state index < -0.39 is 11.8 Å². The van der Waals surface area contributed by atoms with Crippen LogP contribution in [0.1, 0.15) is 6.92 Å². The molecule has 32 heavy (non-hydrogen) atoms. The van der Waals surface area contributed by atoms with Crippen LogP contribution in [0.4, 0.5) is 32.1 Å². The summed E-state index contributed by atoms with van der Waals surface area (Å²) in [7, 11) is 0. The lowest BCUT2D eigenvalue weighted by atomic mass is 10.2. The van der Waals surface area contributed by atoms with Gasteiger partial charge in [-0.1, -0.05) is 17.7 Å². The number of fused-ring (bicyclic) bond motifs is 1. The van der Waals surface area contributed by atoms with E-state index in [1.165, 1.54) is 12.4 Å². The predicted octanol–water partition coefficient (Wildman–Crippen LogP) is 6.21. The molecule has 4 aromatic rings. The van der Waals surface area contributed by atoms with Crippen molar-refractivity contribution in [3.63, 3.8) is 0 Å². The van der Waals surface area contributed by atoms with Gasteiger partial charge in [-0.2, -0.15) is 0 Å². The number of carbonyl (C=O) groups excluding carboxylic acids is 1. The van der Waals surface area contributed by atoms with Crippen molar-refractivity contribution in [3.05, 3.63) is 77.8 Å². The van der Waals surface area contributed by atoms with E-state index >= 15 is 0 Å². The first-order valence-corrected chi connectivity index (χ1v) is 10.2. The second-order valence-electron chi connectivity index (χ2n) is 6.75. The molecule has 9 heteroatoms. The van der Waals surface area contributed by atoms with Gasteiger partial charge in [-0.15, -0.1) is 0 Å². The molecule has 0 radical (unpaired) electrons. The molecule has 3 N–H and O–H groups in total. The molecule has 0 unspecified atom stereocenters. The molecule has 3 aromatic carbocycles. The van der Waals surface area contributed by atoms with E-state index in [1.54, 1.807) is 61.5 Å². The molecule has 0 aliphatic rings. The fourth-order valence-corrected chi connectivity index (χ4v) is 3.25. The number of halogens is 2. The lowest BCUT2D eigenvalue weighted by molar-refractivity contribution is 0.262. The Bertz CT molecular complexity index is 1270. The van der Waals surface area contributed by atoms with Gasteiger partial charge >= 0.3 is 6.03 Å². The highest BCUT2D eigenvalue weighted by Gasteiger charge is 2.11. The topological polar surface area (TPSA) is 88.2 Å². The predicted molar refractivity (Wildman–Crippen MR) is 124 cm³/mol. The number of nitrogens with zero attached hydrogens (tertiary/aromatic N) is 2. The number of benzene rings is 3. The largest absolute Gasteiger partial charge is 0.491 e. The molecule has 0 fully saturated rings. The van der Waals surface area contributed by atoms with Crippen molar-refractivity contribution in [3.8, 4) is 5.75 Å². The van der Waals surface area contributed by atoms with Gasteiger partial charge in [-0.05, 0) is 55.5 Å². The van der Waals surface area contributed by atoms with Gasteiger partial charge in [-0.3, -0.25) is 0 Å².